The lowest BCUT2D eigenvalue weighted by Crippen LogP contribution is -2.32. The molecule has 0 bridgehead atoms. The van der Waals surface area contributed by atoms with Gasteiger partial charge in [0, 0.05) is 4.88 Å². The van der Waals surface area contributed by atoms with Crippen molar-refractivity contribution in [1.82, 2.24) is 9.55 Å². The number of esters is 1. The Hall–Kier alpha value is -1.34. The van der Waals surface area contributed by atoms with Gasteiger partial charge in [-0.2, -0.15) is 0 Å². The number of aryl methyl sites for hydroxylation is 1. The zero-order valence-corrected chi connectivity index (χ0v) is 14.8. The fourth-order valence-electron chi connectivity index (χ4n) is 2.31. The van der Waals surface area contributed by atoms with Gasteiger partial charge in [-0.1, -0.05) is 25.6 Å². The second kappa shape index (κ2) is 7.28. The van der Waals surface area contributed by atoms with Gasteiger partial charge >= 0.3 is 5.97 Å². The molecule has 0 amide bonds. The number of thiophene rings is 1. The summed E-state index contributed by atoms with van der Waals surface area (Å²) in [6.07, 6.45) is 3.21. The molecule has 2 heterocycles. The van der Waals surface area contributed by atoms with E-state index < -0.39 is 6.04 Å². The van der Waals surface area contributed by atoms with Gasteiger partial charge in [-0.3, -0.25) is 9.36 Å². The van der Waals surface area contributed by atoms with Gasteiger partial charge in [0.05, 0.1) is 12.0 Å². The van der Waals surface area contributed by atoms with Crippen LogP contribution in [0, 0.1) is 0 Å². The monoisotopic (exact) mass is 340 g/mol. The maximum atomic E-state index is 12.9. The average molecular weight is 340 g/mol. The van der Waals surface area contributed by atoms with Crippen LogP contribution < -0.4 is 5.56 Å². The van der Waals surface area contributed by atoms with E-state index in [9.17, 15) is 9.59 Å². The lowest BCUT2D eigenvalue weighted by molar-refractivity contribution is -0.147. The molecule has 0 aliphatic rings. The molecule has 0 aromatic carbocycles. The second-order valence-electron chi connectivity index (χ2n) is 4.73. The van der Waals surface area contributed by atoms with E-state index in [0.29, 0.717) is 23.6 Å². The normalized spacial score (nSPS) is 12.5. The number of hydrogen-bond acceptors (Lipinski definition) is 6. The summed E-state index contributed by atoms with van der Waals surface area (Å²) in [4.78, 5) is 31.5. The molecule has 0 aliphatic heterocycles. The molecule has 0 saturated carbocycles. The largest absolute Gasteiger partial charge is 0.464 e. The molecule has 2 aromatic heterocycles. The molecule has 0 radical (unpaired) electrons. The molecule has 0 saturated heterocycles. The topological polar surface area (TPSA) is 61.2 Å². The molecule has 22 heavy (non-hydrogen) atoms. The van der Waals surface area contributed by atoms with Crippen molar-refractivity contribution in [3.05, 3.63) is 21.3 Å². The number of hydrogen-bond donors (Lipinski definition) is 0. The van der Waals surface area contributed by atoms with E-state index in [1.807, 2.05) is 26.2 Å². The number of ether oxygens (including phenoxy) is 1. The Bertz CT molecular complexity index is 736. The van der Waals surface area contributed by atoms with Crippen molar-refractivity contribution in [2.75, 3.05) is 12.9 Å². The Morgan fingerprint density at radius 3 is 2.73 bits per heavy atom. The van der Waals surface area contributed by atoms with E-state index in [1.165, 1.54) is 27.7 Å². The minimum absolute atomic E-state index is 0.162. The van der Waals surface area contributed by atoms with Crippen LogP contribution in [0.1, 0.15) is 38.1 Å². The Balaban J connectivity index is 2.67. The second-order valence-corrected chi connectivity index (χ2v) is 6.62. The van der Waals surface area contributed by atoms with Gasteiger partial charge in [0.25, 0.3) is 5.56 Å². The van der Waals surface area contributed by atoms with Crippen LogP contribution in [0.5, 0.6) is 0 Å². The third kappa shape index (κ3) is 3.05. The fraction of sp³-hybridized carbons (Fsp3) is 0.533. The Labute approximate surface area is 137 Å². The van der Waals surface area contributed by atoms with Crippen molar-refractivity contribution in [2.24, 2.45) is 0 Å². The van der Waals surface area contributed by atoms with Gasteiger partial charge in [0.2, 0.25) is 0 Å². The Kier molecular flexibility index (Phi) is 5.63. The summed E-state index contributed by atoms with van der Waals surface area (Å²) < 4.78 is 6.59. The molecular weight excluding hydrogens is 320 g/mol. The predicted molar refractivity (Wildman–Crippen MR) is 91.0 cm³/mol. The van der Waals surface area contributed by atoms with E-state index in [-0.39, 0.29) is 11.5 Å². The van der Waals surface area contributed by atoms with Crippen LogP contribution in [0.3, 0.4) is 0 Å². The van der Waals surface area contributed by atoms with E-state index in [0.717, 1.165) is 16.1 Å². The molecule has 5 nitrogen and oxygen atoms in total. The molecular formula is C15H20N2O3S2. The molecule has 7 heteroatoms. The summed E-state index contributed by atoms with van der Waals surface area (Å²) in [6.45, 7) is 5.98. The zero-order valence-electron chi connectivity index (χ0n) is 13.2. The molecule has 1 atom stereocenters. The van der Waals surface area contributed by atoms with Crippen LogP contribution in [0.4, 0.5) is 0 Å². The summed E-state index contributed by atoms with van der Waals surface area (Å²) in [5.41, 5.74) is -0.162. The number of nitrogens with zero attached hydrogens (tertiary/aromatic N) is 2. The highest BCUT2D eigenvalue weighted by Gasteiger charge is 2.25. The predicted octanol–water partition coefficient (Wildman–Crippen LogP) is 3.26. The van der Waals surface area contributed by atoms with E-state index in [2.05, 4.69) is 4.98 Å². The number of aromatic nitrogens is 2. The van der Waals surface area contributed by atoms with Gasteiger partial charge in [-0.15, -0.1) is 11.3 Å². The number of carbonyl (C=O) groups excluding carboxylic acids is 1. The van der Waals surface area contributed by atoms with E-state index in [4.69, 9.17) is 4.74 Å². The molecule has 2 aromatic rings. The fourth-order valence-corrected chi connectivity index (χ4v) is 3.92. The highest BCUT2D eigenvalue weighted by molar-refractivity contribution is 7.98. The van der Waals surface area contributed by atoms with Crippen LogP contribution in [-0.2, 0) is 16.0 Å². The molecule has 120 valence electrons. The van der Waals surface area contributed by atoms with Crippen LogP contribution >= 0.6 is 23.1 Å². The third-order valence-electron chi connectivity index (χ3n) is 3.40. The summed E-state index contributed by atoms with van der Waals surface area (Å²) in [5.74, 6) is -0.380. The van der Waals surface area contributed by atoms with Gasteiger partial charge in [0.1, 0.15) is 10.9 Å². The molecule has 0 fully saturated rings. The number of carbonyl (C=O) groups is 1. The minimum atomic E-state index is -0.628. The lowest BCUT2D eigenvalue weighted by atomic mass is 10.2. The first-order valence-corrected chi connectivity index (χ1v) is 9.36. The quantitative estimate of drug-likeness (QED) is 0.459. The molecule has 0 N–H and O–H groups in total. The Morgan fingerprint density at radius 1 is 1.45 bits per heavy atom. The van der Waals surface area contributed by atoms with Gasteiger partial charge in [-0.05, 0) is 32.1 Å². The van der Waals surface area contributed by atoms with E-state index in [1.54, 1.807) is 6.92 Å². The first-order chi connectivity index (χ1) is 10.6. The van der Waals surface area contributed by atoms with Crippen LogP contribution in [-0.4, -0.2) is 28.4 Å². The highest BCUT2D eigenvalue weighted by Crippen LogP contribution is 2.26. The van der Waals surface area contributed by atoms with Crippen LogP contribution in [0.15, 0.2) is 16.0 Å². The molecule has 0 aliphatic carbocycles. The summed E-state index contributed by atoms with van der Waals surface area (Å²) >= 11 is 2.90. The van der Waals surface area contributed by atoms with Gasteiger partial charge < -0.3 is 4.74 Å². The molecule has 0 spiro atoms. The average Bonchev–Trinajstić information content (AvgIpc) is 2.93. The highest BCUT2D eigenvalue weighted by atomic mass is 32.2. The third-order valence-corrected chi connectivity index (χ3v) is 5.23. The summed E-state index contributed by atoms with van der Waals surface area (Å²) in [5, 5.41) is 1.14. The molecule has 2 rings (SSSR count). The zero-order chi connectivity index (χ0) is 16.3. The van der Waals surface area contributed by atoms with Crippen molar-refractivity contribution in [3.63, 3.8) is 0 Å². The van der Waals surface area contributed by atoms with Gasteiger partial charge in [-0.25, -0.2) is 9.78 Å². The first-order valence-electron chi connectivity index (χ1n) is 7.32. The maximum absolute atomic E-state index is 12.9. The van der Waals surface area contributed by atoms with Crippen molar-refractivity contribution in [1.29, 1.82) is 0 Å². The summed E-state index contributed by atoms with van der Waals surface area (Å²) in [7, 11) is 0. The van der Waals surface area contributed by atoms with Crippen molar-refractivity contribution >= 4 is 39.3 Å². The van der Waals surface area contributed by atoms with Crippen molar-refractivity contribution in [3.8, 4) is 0 Å². The lowest BCUT2D eigenvalue weighted by Gasteiger charge is -2.19. The molecule has 1 unspecified atom stereocenters. The van der Waals surface area contributed by atoms with E-state index >= 15 is 0 Å². The summed E-state index contributed by atoms with van der Waals surface area (Å²) in [6, 6.07) is 1.25. The number of thioether (sulfide) groups is 1. The number of rotatable bonds is 6. The van der Waals surface area contributed by atoms with Gasteiger partial charge in [0.15, 0.2) is 5.16 Å². The SMILES string of the molecule is CCOC(=O)C(CC)n1c(SC)nc2sc(CC)cc2c1=O. The van der Waals surface area contributed by atoms with Crippen LogP contribution in [0.25, 0.3) is 10.2 Å². The van der Waals surface area contributed by atoms with Crippen molar-refractivity contribution in [2.45, 2.75) is 44.8 Å². The maximum Gasteiger partial charge on any atom is 0.329 e. The smallest absolute Gasteiger partial charge is 0.329 e. The first kappa shape index (κ1) is 17.0. The number of fused-ring (bicyclic) bond motifs is 1. The minimum Gasteiger partial charge on any atom is -0.464 e. The Morgan fingerprint density at radius 2 is 2.18 bits per heavy atom. The van der Waals surface area contributed by atoms with Crippen LogP contribution in [0.2, 0.25) is 0 Å². The standard InChI is InChI=1S/C15H20N2O3S2/c1-5-9-8-10-12(22-9)16-15(21-4)17(13(10)18)11(6-2)14(19)20-7-3/h8,11H,5-7H2,1-4H3. The van der Waals surface area contributed by atoms with Crippen molar-refractivity contribution < 1.29 is 9.53 Å².